The Kier molecular flexibility index (Phi) is 3.34. The highest BCUT2D eigenvalue weighted by Crippen LogP contribution is 2.17. The van der Waals surface area contributed by atoms with Gasteiger partial charge in [-0.25, -0.2) is 0 Å². The Hall–Kier alpha value is -3.15. The van der Waals surface area contributed by atoms with Crippen LogP contribution in [0, 0.1) is 6.92 Å². The third kappa shape index (κ3) is 2.31. The maximum Gasteiger partial charge on any atom is 0.274 e. The van der Waals surface area contributed by atoms with Crippen molar-refractivity contribution in [2.75, 3.05) is 5.32 Å². The van der Waals surface area contributed by atoms with Gasteiger partial charge in [-0.15, -0.1) is 0 Å². The molecule has 2 heterocycles. The molecule has 6 nitrogen and oxygen atoms in total. The molecule has 6 heteroatoms. The molecule has 110 valence electrons. The molecule has 1 aromatic carbocycles. The fourth-order valence-electron chi connectivity index (χ4n) is 2.17. The first-order valence-corrected chi connectivity index (χ1v) is 6.65. The number of nitrogens with zero attached hydrogens (tertiary/aromatic N) is 2. The molecule has 0 aliphatic rings. The van der Waals surface area contributed by atoms with Gasteiger partial charge in [0.1, 0.15) is 5.65 Å². The summed E-state index contributed by atoms with van der Waals surface area (Å²) in [4.78, 5) is 28.6. The number of hydrogen-bond acceptors (Lipinski definition) is 4. The maximum absolute atomic E-state index is 12.4. The first-order valence-electron chi connectivity index (χ1n) is 6.65. The largest absolute Gasteiger partial charge is 0.493 e. The van der Waals surface area contributed by atoms with Crippen LogP contribution in [0.25, 0.3) is 5.65 Å². The van der Waals surface area contributed by atoms with E-state index >= 15 is 0 Å². The van der Waals surface area contributed by atoms with Crippen LogP contribution in [0.5, 0.6) is 5.88 Å². The van der Waals surface area contributed by atoms with E-state index in [0.717, 1.165) is 5.56 Å². The minimum atomic E-state index is -0.692. The number of amides is 1. The quantitative estimate of drug-likeness (QED) is 0.757. The molecule has 2 N–H and O–H groups in total. The summed E-state index contributed by atoms with van der Waals surface area (Å²) in [6.45, 7) is 1.83. The molecule has 2 aromatic heterocycles. The van der Waals surface area contributed by atoms with Crippen LogP contribution in [0.3, 0.4) is 0 Å². The van der Waals surface area contributed by atoms with Gasteiger partial charge in [-0.2, -0.15) is 4.98 Å². The zero-order valence-corrected chi connectivity index (χ0v) is 11.8. The first kappa shape index (κ1) is 13.8. The van der Waals surface area contributed by atoms with Crippen LogP contribution >= 0.6 is 0 Å². The number of aryl methyl sites for hydroxylation is 1. The number of carbonyl (C=O) groups excluding carboxylic acids is 1. The van der Waals surface area contributed by atoms with E-state index in [1.807, 2.05) is 19.1 Å². The molecule has 0 unspecified atom stereocenters. The van der Waals surface area contributed by atoms with Gasteiger partial charge in [0.2, 0.25) is 5.88 Å². The number of pyridine rings is 1. The van der Waals surface area contributed by atoms with Crippen LogP contribution in [0.1, 0.15) is 15.9 Å². The summed E-state index contributed by atoms with van der Waals surface area (Å²) < 4.78 is 1.21. The number of anilines is 1. The average Bonchev–Trinajstić information content (AvgIpc) is 2.49. The smallest absolute Gasteiger partial charge is 0.274 e. The van der Waals surface area contributed by atoms with E-state index < -0.39 is 17.3 Å². The Morgan fingerprint density at radius 3 is 2.68 bits per heavy atom. The highest BCUT2D eigenvalue weighted by Gasteiger charge is 2.20. The lowest BCUT2D eigenvalue weighted by Crippen LogP contribution is -2.27. The van der Waals surface area contributed by atoms with Crippen LogP contribution in [0.2, 0.25) is 0 Å². The van der Waals surface area contributed by atoms with Gasteiger partial charge in [-0.05, 0) is 30.7 Å². The third-order valence-electron chi connectivity index (χ3n) is 3.34. The molecule has 0 aliphatic carbocycles. The van der Waals surface area contributed by atoms with Gasteiger partial charge in [0, 0.05) is 11.9 Å². The number of aromatic hydroxyl groups is 1. The highest BCUT2D eigenvalue weighted by molar-refractivity contribution is 6.06. The Morgan fingerprint density at radius 2 is 1.91 bits per heavy atom. The fourth-order valence-corrected chi connectivity index (χ4v) is 2.17. The Balaban J connectivity index is 2.08. The molecular formula is C16H13N3O3. The van der Waals surface area contributed by atoms with Crippen LogP contribution in [-0.2, 0) is 0 Å². The van der Waals surface area contributed by atoms with Gasteiger partial charge in [-0.1, -0.05) is 24.3 Å². The topological polar surface area (TPSA) is 83.7 Å². The summed E-state index contributed by atoms with van der Waals surface area (Å²) in [5.41, 5.74) is 0.701. The Morgan fingerprint density at radius 1 is 1.18 bits per heavy atom. The number of fused-ring (bicyclic) bond motifs is 1. The standard InChI is InChI=1S/C16H13N3O3/c1-10-6-2-3-7-11(10)17-14(20)13-15(21)18-12-8-4-5-9-19(12)16(13)22/h2-9,21H,1H3,(H,17,20). The van der Waals surface area contributed by atoms with Gasteiger partial charge >= 0.3 is 0 Å². The van der Waals surface area contributed by atoms with Gasteiger partial charge in [0.25, 0.3) is 11.5 Å². The summed E-state index contributed by atoms with van der Waals surface area (Å²) in [5.74, 6) is -1.27. The molecule has 1 amide bonds. The van der Waals surface area contributed by atoms with Gasteiger partial charge in [0.15, 0.2) is 5.56 Å². The second-order valence-corrected chi connectivity index (χ2v) is 4.81. The number of carbonyl (C=O) groups is 1. The molecule has 22 heavy (non-hydrogen) atoms. The van der Waals surface area contributed by atoms with E-state index in [0.29, 0.717) is 5.69 Å². The molecule has 0 spiro atoms. The number of aromatic nitrogens is 2. The van der Waals surface area contributed by atoms with E-state index in [9.17, 15) is 14.7 Å². The van der Waals surface area contributed by atoms with Crippen molar-refractivity contribution < 1.29 is 9.90 Å². The van der Waals surface area contributed by atoms with E-state index in [-0.39, 0.29) is 11.2 Å². The highest BCUT2D eigenvalue weighted by atomic mass is 16.3. The van der Waals surface area contributed by atoms with Crippen molar-refractivity contribution in [3.63, 3.8) is 0 Å². The van der Waals surface area contributed by atoms with E-state index in [2.05, 4.69) is 10.3 Å². The Labute approximate surface area is 125 Å². The fraction of sp³-hybridized carbons (Fsp3) is 0.0625. The van der Waals surface area contributed by atoms with Crippen LogP contribution in [0.4, 0.5) is 5.69 Å². The van der Waals surface area contributed by atoms with Crippen molar-refractivity contribution in [1.82, 2.24) is 9.38 Å². The van der Waals surface area contributed by atoms with Gasteiger partial charge in [0.05, 0.1) is 0 Å². The molecular weight excluding hydrogens is 282 g/mol. The van der Waals surface area contributed by atoms with Crippen molar-refractivity contribution >= 4 is 17.2 Å². The lowest BCUT2D eigenvalue weighted by molar-refractivity contribution is 0.102. The van der Waals surface area contributed by atoms with Gasteiger partial charge in [-0.3, -0.25) is 14.0 Å². The second-order valence-electron chi connectivity index (χ2n) is 4.81. The predicted molar refractivity (Wildman–Crippen MR) is 82.3 cm³/mol. The van der Waals surface area contributed by atoms with Crippen molar-refractivity contribution in [3.05, 3.63) is 70.1 Å². The summed E-state index contributed by atoms with van der Waals surface area (Å²) in [7, 11) is 0. The van der Waals surface area contributed by atoms with E-state index in [4.69, 9.17) is 0 Å². The molecule has 0 saturated carbocycles. The predicted octanol–water partition coefficient (Wildman–Crippen LogP) is 1.96. The molecule has 0 saturated heterocycles. The van der Waals surface area contributed by atoms with Crippen LogP contribution in [0.15, 0.2) is 53.5 Å². The van der Waals surface area contributed by atoms with E-state index in [1.165, 1.54) is 10.6 Å². The normalized spacial score (nSPS) is 10.6. The van der Waals surface area contributed by atoms with Gasteiger partial charge < -0.3 is 10.4 Å². The molecule has 0 fully saturated rings. The number of nitrogens with one attached hydrogen (secondary N) is 1. The lowest BCUT2D eigenvalue weighted by atomic mass is 10.2. The van der Waals surface area contributed by atoms with E-state index in [1.54, 1.807) is 30.3 Å². The number of rotatable bonds is 2. The minimum Gasteiger partial charge on any atom is -0.493 e. The summed E-state index contributed by atoms with van der Waals surface area (Å²) >= 11 is 0. The minimum absolute atomic E-state index is 0.275. The van der Waals surface area contributed by atoms with Crippen molar-refractivity contribution in [3.8, 4) is 5.88 Å². The first-order chi connectivity index (χ1) is 10.6. The van der Waals surface area contributed by atoms with Crippen molar-refractivity contribution in [2.24, 2.45) is 0 Å². The molecule has 3 rings (SSSR count). The van der Waals surface area contributed by atoms with Crippen LogP contribution in [-0.4, -0.2) is 20.4 Å². The molecule has 0 atom stereocenters. The number of hydrogen-bond donors (Lipinski definition) is 2. The van der Waals surface area contributed by atoms with Crippen molar-refractivity contribution in [2.45, 2.75) is 6.92 Å². The number of benzene rings is 1. The SMILES string of the molecule is Cc1ccccc1NC(=O)c1c(O)nc2ccccn2c1=O. The monoisotopic (exact) mass is 295 g/mol. The van der Waals surface area contributed by atoms with Crippen LogP contribution < -0.4 is 10.9 Å². The maximum atomic E-state index is 12.4. The summed E-state index contributed by atoms with van der Waals surface area (Å²) in [6.07, 6.45) is 1.49. The zero-order chi connectivity index (χ0) is 15.7. The third-order valence-corrected chi connectivity index (χ3v) is 3.34. The summed E-state index contributed by atoms with van der Waals surface area (Å²) in [5, 5.41) is 12.5. The van der Waals surface area contributed by atoms with Crippen molar-refractivity contribution in [1.29, 1.82) is 0 Å². The Bertz CT molecular complexity index is 931. The molecule has 3 aromatic rings. The zero-order valence-electron chi connectivity index (χ0n) is 11.8. The lowest BCUT2D eigenvalue weighted by Gasteiger charge is -2.09. The second kappa shape index (κ2) is 5.33. The molecule has 0 bridgehead atoms. The average molecular weight is 295 g/mol. The number of para-hydroxylation sites is 1. The molecule has 0 aliphatic heterocycles. The molecule has 0 radical (unpaired) electrons. The summed E-state index contributed by atoms with van der Waals surface area (Å²) in [6, 6.07) is 12.1.